The van der Waals surface area contributed by atoms with Gasteiger partial charge in [0.15, 0.2) is 0 Å². The molecule has 1 fully saturated rings. The van der Waals surface area contributed by atoms with Crippen LogP contribution in [-0.4, -0.2) is 19.3 Å². The average molecular weight is 367 g/mol. The van der Waals surface area contributed by atoms with Gasteiger partial charge in [0.1, 0.15) is 6.10 Å². The van der Waals surface area contributed by atoms with Crippen molar-refractivity contribution in [3.05, 3.63) is 59.7 Å². The van der Waals surface area contributed by atoms with Crippen LogP contribution in [0.1, 0.15) is 69.6 Å². The fourth-order valence-electron chi connectivity index (χ4n) is 3.74. The zero-order valence-corrected chi connectivity index (χ0v) is 17.0. The minimum Gasteiger partial charge on any atom is -0.373 e. The summed E-state index contributed by atoms with van der Waals surface area (Å²) in [6.07, 6.45) is 8.97. The van der Waals surface area contributed by atoms with Gasteiger partial charge in [-0.3, -0.25) is 0 Å². The Morgan fingerprint density at radius 1 is 0.741 bits per heavy atom. The van der Waals surface area contributed by atoms with E-state index < -0.39 is 0 Å². The molecule has 0 aromatic heterocycles. The van der Waals surface area contributed by atoms with Gasteiger partial charge in [-0.05, 0) is 35.1 Å². The molecule has 0 bridgehead atoms. The summed E-state index contributed by atoms with van der Waals surface area (Å²) < 4.78 is 12.1. The van der Waals surface area contributed by atoms with Gasteiger partial charge in [-0.1, -0.05) is 94.5 Å². The van der Waals surface area contributed by atoms with E-state index in [1.54, 1.807) is 0 Å². The SMILES string of the molecule is CCCCCC[C@H]1CO[C@H](c2ccc(-c3ccc(CCC)cc3)cc2)CO1. The van der Waals surface area contributed by atoms with Crippen molar-refractivity contribution in [1.82, 2.24) is 0 Å². The van der Waals surface area contributed by atoms with E-state index >= 15 is 0 Å². The number of hydrogen-bond acceptors (Lipinski definition) is 2. The normalized spacial score (nSPS) is 19.9. The summed E-state index contributed by atoms with van der Waals surface area (Å²) in [6, 6.07) is 17.7. The number of ether oxygens (including phenoxy) is 2. The molecule has 2 atom stereocenters. The predicted octanol–water partition coefficient (Wildman–Crippen LogP) is 6.73. The molecule has 0 amide bonds. The molecule has 3 rings (SSSR count). The quantitative estimate of drug-likeness (QED) is 0.458. The van der Waals surface area contributed by atoms with E-state index in [0.29, 0.717) is 6.61 Å². The Morgan fingerprint density at radius 3 is 2.04 bits per heavy atom. The summed E-state index contributed by atoms with van der Waals surface area (Å²) >= 11 is 0. The van der Waals surface area contributed by atoms with Gasteiger partial charge in [0.05, 0.1) is 19.3 Å². The lowest BCUT2D eigenvalue weighted by molar-refractivity contribution is -0.137. The van der Waals surface area contributed by atoms with Crippen molar-refractivity contribution in [3.8, 4) is 11.1 Å². The third kappa shape index (κ3) is 5.92. The Balaban J connectivity index is 1.50. The monoisotopic (exact) mass is 366 g/mol. The van der Waals surface area contributed by atoms with E-state index in [0.717, 1.165) is 19.4 Å². The van der Waals surface area contributed by atoms with Gasteiger partial charge in [-0.25, -0.2) is 0 Å². The molecule has 1 aliphatic rings. The molecule has 2 heteroatoms. The van der Waals surface area contributed by atoms with Gasteiger partial charge >= 0.3 is 0 Å². The molecule has 2 nitrogen and oxygen atoms in total. The van der Waals surface area contributed by atoms with E-state index in [4.69, 9.17) is 9.47 Å². The van der Waals surface area contributed by atoms with Crippen LogP contribution in [-0.2, 0) is 15.9 Å². The van der Waals surface area contributed by atoms with Crippen LogP contribution >= 0.6 is 0 Å². The fraction of sp³-hybridized carbons (Fsp3) is 0.520. The molecule has 1 heterocycles. The van der Waals surface area contributed by atoms with Gasteiger partial charge in [0, 0.05) is 0 Å². The van der Waals surface area contributed by atoms with Gasteiger partial charge in [-0.15, -0.1) is 0 Å². The molecular formula is C25H34O2. The number of benzene rings is 2. The lowest BCUT2D eigenvalue weighted by Gasteiger charge is -2.30. The lowest BCUT2D eigenvalue weighted by Crippen LogP contribution is -2.31. The standard InChI is InChI=1S/C25H34O2/c1-3-5-6-7-9-24-18-27-25(19-26-24)23-16-14-22(15-17-23)21-12-10-20(8-4-2)11-13-21/h10-17,24-25H,3-9,18-19H2,1-2H3/t24-,25-/m0/s1. The maximum absolute atomic E-state index is 6.10. The minimum atomic E-state index is 0.0675. The van der Waals surface area contributed by atoms with Crippen LogP contribution in [0.2, 0.25) is 0 Å². The second-order valence-corrected chi connectivity index (χ2v) is 7.70. The molecule has 0 aliphatic carbocycles. The van der Waals surface area contributed by atoms with Crippen LogP contribution in [0, 0.1) is 0 Å². The lowest BCUT2D eigenvalue weighted by atomic mass is 9.99. The topological polar surface area (TPSA) is 18.5 Å². The molecule has 0 N–H and O–H groups in total. The first kappa shape index (κ1) is 20.1. The highest BCUT2D eigenvalue weighted by atomic mass is 16.6. The molecule has 0 saturated carbocycles. The molecule has 27 heavy (non-hydrogen) atoms. The van der Waals surface area contributed by atoms with E-state index in [9.17, 15) is 0 Å². The van der Waals surface area contributed by atoms with Crippen molar-refractivity contribution in [2.45, 2.75) is 71.0 Å². The maximum atomic E-state index is 6.10. The average Bonchev–Trinajstić information content (AvgIpc) is 2.73. The van der Waals surface area contributed by atoms with E-state index in [2.05, 4.69) is 62.4 Å². The summed E-state index contributed by atoms with van der Waals surface area (Å²) in [6.45, 7) is 5.86. The number of hydrogen-bond donors (Lipinski definition) is 0. The van der Waals surface area contributed by atoms with Gasteiger partial charge in [-0.2, -0.15) is 0 Å². The Kier molecular flexibility index (Phi) is 7.92. The van der Waals surface area contributed by atoms with Crippen molar-refractivity contribution >= 4 is 0 Å². The van der Waals surface area contributed by atoms with Crippen LogP contribution in [0.15, 0.2) is 48.5 Å². The van der Waals surface area contributed by atoms with Gasteiger partial charge < -0.3 is 9.47 Å². The molecule has 2 aromatic rings. The van der Waals surface area contributed by atoms with E-state index in [-0.39, 0.29) is 12.2 Å². The second-order valence-electron chi connectivity index (χ2n) is 7.70. The Hall–Kier alpha value is -1.64. The van der Waals surface area contributed by atoms with Crippen molar-refractivity contribution in [1.29, 1.82) is 0 Å². The summed E-state index contributed by atoms with van der Waals surface area (Å²) in [7, 11) is 0. The Bertz CT molecular complexity index is 652. The van der Waals surface area contributed by atoms with Gasteiger partial charge in [0.25, 0.3) is 0 Å². The third-order valence-corrected chi connectivity index (χ3v) is 5.45. The van der Waals surface area contributed by atoms with Crippen molar-refractivity contribution < 1.29 is 9.47 Å². The highest BCUT2D eigenvalue weighted by molar-refractivity contribution is 5.64. The van der Waals surface area contributed by atoms with Crippen molar-refractivity contribution in [2.75, 3.05) is 13.2 Å². The number of aryl methyl sites for hydroxylation is 1. The van der Waals surface area contributed by atoms with Crippen LogP contribution in [0.5, 0.6) is 0 Å². The first-order chi connectivity index (χ1) is 13.3. The predicted molar refractivity (Wildman–Crippen MR) is 113 cm³/mol. The third-order valence-electron chi connectivity index (χ3n) is 5.45. The van der Waals surface area contributed by atoms with Crippen molar-refractivity contribution in [3.63, 3.8) is 0 Å². The summed E-state index contributed by atoms with van der Waals surface area (Å²) in [5.74, 6) is 0. The Labute approximate surface area is 164 Å². The zero-order valence-electron chi connectivity index (χ0n) is 17.0. The van der Waals surface area contributed by atoms with Crippen LogP contribution in [0.4, 0.5) is 0 Å². The summed E-state index contributed by atoms with van der Waals surface area (Å²) in [5, 5.41) is 0. The van der Waals surface area contributed by atoms with Crippen LogP contribution < -0.4 is 0 Å². The highest BCUT2D eigenvalue weighted by Gasteiger charge is 2.23. The van der Waals surface area contributed by atoms with Gasteiger partial charge in [0.2, 0.25) is 0 Å². The first-order valence-electron chi connectivity index (χ1n) is 10.7. The highest BCUT2D eigenvalue weighted by Crippen LogP contribution is 2.27. The molecule has 146 valence electrons. The van der Waals surface area contributed by atoms with Crippen LogP contribution in [0.3, 0.4) is 0 Å². The first-order valence-corrected chi connectivity index (χ1v) is 10.7. The summed E-state index contributed by atoms with van der Waals surface area (Å²) in [4.78, 5) is 0. The fourth-order valence-corrected chi connectivity index (χ4v) is 3.74. The van der Waals surface area contributed by atoms with E-state index in [1.807, 2.05) is 0 Å². The Morgan fingerprint density at radius 2 is 1.44 bits per heavy atom. The molecule has 2 aromatic carbocycles. The molecular weight excluding hydrogens is 332 g/mol. The largest absolute Gasteiger partial charge is 0.373 e. The molecule has 0 radical (unpaired) electrons. The number of unbranched alkanes of at least 4 members (excludes halogenated alkanes) is 3. The molecule has 1 saturated heterocycles. The zero-order chi connectivity index (χ0) is 18.9. The smallest absolute Gasteiger partial charge is 0.106 e. The van der Waals surface area contributed by atoms with E-state index in [1.165, 1.54) is 54.4 Å². The molecule has 1 aliphatic heterocycles. The molecule has 0 unspecified atom stereocenters. The summed E-state index contributed by atoms with van der Waals surface area (Å²) in [5.41, 5.74) is 5.15. The van der Waals surface area contributed by atoms with Crippen LogP contribution in [0.25, 0.3) is 11.1 Å². The second kappa shape index (κ2) is 10.6. The minimum absolute atomic E-state index is 0.0675. The number of rotatable bonds is 9. The van der Waals surface area contributed by atoms with Crippen molar-refractivity contribution in [2.24, 2.45) is 0 Å². The maximum Gasteiger partial charge on any atom is 0.106 e. The molecule has 0 spiro atoms.